The standard InChI is InChI=1S/C18H34N2O2/c1-17(2,3)13-20-12-8-11-18(22,16(20)21)14-19(4)15-9-6-5-7-10-15/h15,22H,5-14H2,1-4H3/t18-/m1/s1. The molecular weight excluding hydrogens is 276 g/mol. The van der Waals surface area contributed by atoms with E-state index in [9.17, 15) is 9.90 Å². The van der Waals surface area contributed by atoms with Crippen molar-refractivity contribution in [1.82, 2.24) is 9.80 Å². The van der Waals surface area contributed by atoms with Gasteiger partial charge in [0, 0.05) is 25.7 Å². The van der Waals surface area contributed by atoms with Crippen LogP contribution in [0.25, 0.3) is 0 Å². The first-order valence-corrected chi connectivity index (χ1v) is 8.93. The van der Waals surface area contributed by atoms with Crippen LogP contribution in [0.1, 0.15) is 65.7 Å². The minimum Gasteiger partial charge on any atom is -0.379 e. The molecule has 0 aromatic heterocycles. The zero-order valence-corrected chi connectivity index (χ0v) is 14.9. The van der Waals surface area contributed by atoms with Crippen LogP contribution in [0.4, 0.5) is 0 Å². The van der Waals surface area contributed by atoms with Gasteiger partial charge in [-0.3, -0.25) is 4.79 Å². The predicted molar refractivity (Wildman–Crippen MR) is 89.7 cm³/mol. The van der Waals surface area contributed by atoms with Gasteiger partial charge in [0.15, 0.2) is 5.60 Å². The van der Waals surface area contributed by atoms with Crippen LogP contribution >= 0.6 is 0 Å². The van der Waals surface area contributed by atoms with Crippen molar-refractivity contribution in [3.63, 3.8) is 0 Å². The van der Waals surface area contributed by atoms with Crippen molar-refractivity contribution in [2.75, 3.05) is 26.7 Å². The van der Waals surface area contributed by atoms with Crippen LogP contribution in [-0.2, 0) is 4.79 Å². The highest BCUT2D eigenvalue weighted by Gasteiger charge is 2.44. The fourth-order valence-corrected chi connectivity index (χ4v) is 4.00. The largest absolute Gasteiger partial charge is 0.379 e. The van der Waals surface area contributed by atoms with Crippen molar-refractivity contribution in [3.05, 3.63) is 0 Å². The average Bonchev–Trinajstić information content (AvgIpc) is 2.44. The van der Waals surface area contributed by atoms with Crippen molar-refractivity contribution >= 4 is 5.91 Å². The first-order valence-electron chi connectivity index (χ1n) is 8.93. The van der Waals surface area contributed by atoms with E-state index in [0.29, 0.717) is 19.0 Å². The Kier molecular flexibility index (Phi) is 5.54. The molecule has 0 radical (unpaired) electrons. The molecule has 0 spiro atoms. The highest BCUT2D eigenvalue weighted by molar-refractivity contribution is 5.86. The Morgan fingerprint density at radius 1 is 1.23 bits per heavy atom. The number of carbonyl (C=O) groups excluding carboxylic acids is 1. The van der Waals surface area contributed by atoms with E-state index < -0.39 is 5.60 Å². The lowest BCUT2D eigenvalue weighted by molar-refractivity contribution is -0.161. The molecule has 0 aromatic rings. The summed E-state index contributed by atoms with van der Waals surface area (Å²) >= 11 is 0. The van der Waals surface area contributed by atoms with Crippen LogP contribution in [-0.4, -0.2) is 59.1 Å². The minimum atomic E-state index is -1.18. The Hall–Kier alpha value is -0.610. The van der Waals surface area contributed by atoms with Crippen LogP contribution < -0.4 is 0 Å². The molecule has 0 aromatic carbocycles. The third kappa shape index (κ3) is 4.45. The quantitative estimate of drug-likeness (QED) is 0.868. The Bertz CT molecular complexity index is 385. The normalized spacial score (nSPS) is 28.5. The fourth-order valence-electron chi connectivity index (χ4n) is 4.00. The molecule has 4 nitrogen and oxygen atoms in total. The molecule has 1 N–H and O–H groups in total. The zero-order valence-electron chi connectivity index (χ0n) is 14.9. The van der Waals surface area contributed by atoms with E-state index in [4.69, 9.17) is 0 Å². The molecule has 1 saturated heterocycles. The van der Waals surface area contributed by atoms with E-state index in [2.05, 4.69) is 32.7 Å². The summed E-state index contributed by atoms with van der Waals surface area (Å²) in [5.41, 5.74) is -1.11. The highest BCUT2D eigenvalue weighted by Crippen LogP contribution is 2.29. The van der Waals surface area contributed by atoms with Gasteiger partial charge in [0.25, 0.3) is 5.91 Å². The van der Waals surface area contributed by atoms with Crippen LogP contribution in [0.15, 0.2) is 0 Å². The molecule has 1 heterocycles. The Morgan fingerprint density at radius 3 is 2.45 bits per heavy atom. The monoisotopic (exact) mass is 310 g/mol. The SMILES string of the molecule is CN(C[C@]1(O)CCCN(CC(C)(C)C)C1=O)C1CCCCC1. The van der Waals surface area contributed by atoms with Gasteiger partial charge in [0.1, 0.15) is 0 Å². The molecule has 22 heavy (non-hydrogen) atoms. The van der Waals surface area contributed by atoms with Crippen LogP contribution in [0.3, 0.4) is 0 Å². The average molecular weight is 310 g/mol. The van der Waals surface area contributed by atoms with Gasteiger partial charge in [0.2, 0.25) is 0 Å². The molecule has 1 aliphatic heterocycles. The topological polar surface area (TPSA) is 43.8 Å². The van der Waals surface area contributed by atoms with Gasteiger partial charge in [-0.05, 0) is 38.1 Å². The number of likely N-dealkylation sites (tertiary alicyclic amines) is 1. The van der Waals surface area contributed by atoms with E-state index in [1.54, 1.807) is 0 Å². The summed E-state index contributed by atoms with van der Waals surface area (Å²) in [5.74, 6) is -0.0589. The fraction of sp³-hybridized carbons (Fsp3) is 0.944. The second-order valence-corrected chi connectivity index (χ2v) is 8.63. The van der Waals surface area contributed by atoms with Gasteiger partial charge in [-0.1, -0.05) is 40.0 Å². The number of aliphatic hydroxyl groups is 1. The second-order valence-electron chi connectivity index (χ2n) is 8.63. The number of rotatable bonds is 4. The lowest BCUT2D eigenvalue weighted by atomic mass is 9.87. The van der Waals surface area contributed by atoms with Crippen LogP contribution in [0.5, 0.6) is 0 Å². The highest BCUT2D eigenvalue weighted by atomic mass is 16.3. The third-order valence-electron chi connectivity index (χ3n) is 5.08. The van der Waals surface area contributed by atoms with Gasteiger partial charge < -0.3 is 14.9 Å². The van der Waals surface area contributed by atoms with Gasteiger partial charge in [-0.2, -0.15) is 0 Å². The second kappa shape index (κ2) is 6.88. The number of likely N-dealkylation sites (N-methyl/N-ethyl adjacent to an activating group) is 1. The maximum absolute atomic E-state index is 12.8. The maximum atomic E-state index is 12.8. The summed E-state index contributed by atoms with van der Waals surface area (Å²) in [6, 6.07) is 0.531. The number of nitrogens with zero attached hydrogens (tertiary/aromatic N) is 2. The summed E-state index contributed by atoms with van der Waals surface area (Å²) < 4.78 is 0. The Balaban J connectivity index is 1.99. The molecule has 0 bridgehead atoms. The number of carbonyl (C=O) groups is 1. The molecule has 2 rings (SSSR count). The molecule has 1 atom stereocenters. The molecule has 2 fully saturated rings. The molecular formula is C18H34N2O2. The molecule has 4 heteroatoms. The summed E-state index contributed by atoms with van der Waals surface area (Å²) in [6.07, 6.45) is 7.78. The number of hydrogen-bond acceptors (Lipinski definition) is 3. The Labute approximate surface area is 135 Å². The molecule has 1 amide bonds. The van der Waals surface area contributed by atoms with Crippen molar-refractivity contribution in [1.29, 1.82) is 0 Å². The number of hydrogen-bond donors (Lipinski definition) is 1. The van der Waals surface area contributed by atoms with Crippen molar-refractivity contribution in [3.8, 4) is 0 Å². The summed E-state index contributed by atoms with van der Waals surface area (Å²) in [6.45, 7) is 8.41. The molecule has 2 aliphatic rings. The summed E-state index contributed by atoms with van der Waals surface area (Å²) in [7, 11) is 2.07. The summed E-state index contributed by atoms with van der Waals surface area (Å²) in [4.78, 5) is 16.9. The van der Waals surface area contributed by atoms with Gasteiger partial charge in [-0.15, -0.1) is 0 Å². The minimum absolute atomic E-state index is 0.0589. The first-order chi connectivity index (χ1) is 10.2. The first kappa shape index (κ1) is 17.7. The van der Waals surface area contributed by atoms with E-state index >= 15 is 0 Å². The number of amides is 1. The van der Waals surface area contributed by atoms with Crippen molar-refractivity contribution < 1.29 is 9.90 Å². The molecule has 1 aliphatic carbocycles. The number of piperidine rings is 1. The molecule has 128 valence electrons. The maximum Gasteiger partial charge on any atom is 0.255 e. The van der Waals surface area contributed by atoms with Crippen LogP contribution in [0.2, 0.25) is 0 Å². The predicted octanol–water partition coefficient (Wildman–Crippen LogP) is 2.65. The zero-order chi connectivity index (χ0) is 16.4. The van der Waals surface area contributed by atoms with Crippen molar-refractivity contribution in [2.45, 2.75) is 77.4 Å². The molecule has 1 saturated carbocycles. The van der Waals surface area contributed by atoms with Crippen LogP contribution in [0, 0.1) is 5.41 Å². The van der Waals surface area contributed by atoms with Crippen molar-refractivity contribution in [2.24, 2.45) is 5.41 Å². The smallest absolute Gasteiger partial charge is 0.255 e. The van der Waals surface area contributed by atoms with Gasteiger partial charge in [0.05, 0.1) is 0 Å². The van der Waals surface area contributed by atoms with E-state index in [1.807, 2.05) is 4.90 Å². The van der Waals surface area contributed by atoms with E-state index in [0.717, 1.165) is 19.5 Å². The third-order valence-corrected chi connectivity index (χ3v) is 5.08. The molecule has 0 unspecified atom stereocenters. The van der Waals surface area contributed by atoms with E-state index in [1.165, 1.54) is 32.1 Å². The van der Waals surface area contributed by atoms with E-state index in [-0.39, 0.29) is 11.3 Å². The lowest BCUT2D eigenvalue weighted by Gasteiger charge is -2.43. The van der Waals surface area contributed by atoms with Gasteiger partial charge >= 0.3 is 0 Å². The lowest BCUT2D eigenvalue weighted by Crippen LogP contribution is -2.60. The Morgan fingerprint density at radius 2 is 1.86 bits per heavy atom. The summed E-state index contributed by atoms with van der Waals surface area (Å²) in [5, 5.41) is 11.0. The van der Waals surface area contributed by atoms with Gasteiger partial charge in [-0.25, -0.2) is 0 Å².